The van der Waals surface area contributed by atoms with Crippen molar-refractivity contribution in [1.82, 2.24) is 41.3 Å². The van der Waals surface area contributed by atoms with Crippen LogP contribution in [0, 0.1) is 17.3 Å². The Morgan fingerprint density at radius 3 is 1.86 bits per heavy atom. The number of nitrogens with one attached hydrogen (secondary N) is 6. The molecule has 6 atom stereocenters. The lowest BCUT2D eigenvalue weighted by atomic mass is 9.76. The predicted octanol–water partition coefficient (Wildman–Crippen LogP) is 4.49. The van der Waals surface area contributed by atoms with Crippen LogP contribution in [-0.4, -0.2) is 160 Å². The third kappa shape index (κ3) is 22.1. The zero-order valence-corrected chi connectivity index (χ0v) is 51.4. The van der Waals surface area contributed by atoms with Crippen LogP contribution in [0.4, 0.5) is 15.3 Å². The van der Waals surface area contributed by atoms with Crippen molar-refractivity contribution < 1.29 is 72.5 Å². The number of hydrogen-bond donors (Lipinski definition) is 9. The number of aliphatic carboxylic acids is 2. The first-order valence-electron chi connectivity index (χ1n) is 28.7. The molecule has 0 aromatic heterocycles. The van der Waals surface area contributed by atoms with E-state index in [4.69, 9.17) is 15.6 Å². The number of carbonyl (C=O) groups is 12. The Morgan fingerprint density at radius 1 is 0.698 bits per heavy atom. The van der Waals surface area contributed by atoms with Crippen molar-refractivity contribution in [2.45, 2.75) is 169 Å². The van der Waals surface area contributed by atoms with E-state index in [-0.39, 0.29) is 74.6 Å². The molecule has 0 fully saturated rings. The third-order valence-corrected chi connectivity index (χ3v) is 14.7. The van der Waals surface area contributed by atoms with Crippen molar-refractivity contribution in [1.29, 1.82) is 0 Å². The van der Waals surface area contributed by atoms with Crippen LogP contribution in [0.3, 0.4) is 0 Å². The van der Waals surface area contributed by atoms with Crippen molar-refractivity contribution >= 4 is 77.0 Å². The minimum absolute atomic E-state index is 0.0667. The van der Waals surface area contributed by atoms with Gasteiger partial charge in [0.25, 0.3) is 11.8 Å². The molecule has 0 saturated carbocycles. The summed E-state index contributed by atoms with van der Waals surface area (Å²) < 4.78 is 5.79. The molecule has 25 nitrogen and oxygen atoms in total. The van der Waals surface area contributed by atoms with Gasteiger partial charge < -0.3 is 57.5 Å². The van der Waals surface area contributed by atoms with Crippen LogP contribution in [0.25, 0.3) is 0 Å². The molecular weight excluding hydrogens is 1110 g/mol. The zero-order chi connectivity index (χ0) is 64.8. The number of primary amides is 1. The van der Waals surface area contributed by atoms with Crippen LogP contribution >= 0.6 is 0 Å². The molecule has 1 aliphatic heterocycles. The van der Waals surface area contributed by atoms with E-state index in [1.165, 1.54) is 44.1 Å². The lowest BCUT2D eigenvalue weighted by Crippen LogP contribution is -2.63. The first-order chi connectivity index (χ1) is 40.2. The summed E-state index contributed by atoms with van der Waals surface area (Å²) >= 11 is 0. The molecule has 472 valence electrons. The number of amides is 11. The second-order valence-corrected chi connectivity index (χ2v) is 23.7. The van der Waals surface area contributed by atoms with Crippen LogP contribution in [0.1, 0.15) is 132 Å². The summed E-state index contributed by atoms with van der Waals surface area (Å²) in [7, 11) is 2.92. The number of imide groups is 1. The molecule has 0 saturated heterocycles. The normalized spacial score (nSPS) is 14.7. The number of ether oxygens (including phenoxy) is 1. The first kappa shape index (κ1) is 71.6. The van der Waals surface area contributed by atoms with E-state index in [1.807, 2.05) is 13.8 Å². The van der Waals surface area contributed by atoms with Gasteiger partial charge in [0.1, 0.15) is 36.8 Å². The highest BCUT2D eigenvalue weighted by atomic mass is 16.6. The molecule has 0 radical (unpaired) electrons. The Kier molecular flexibility index (Phi) is 27.6. The van der Waals surface area contributed by atoms with Crippen molar-refractivity contribution in [3.05, 3.63) is 89.5 Å². The average Bonchev–Trinajstić information content (AvgIpc) is 1.28. The highest BCUT2D eigenvalue weighted by Crippen LogP contribution is 2.32. The molecule has 11 amide bonds. The van der Waals surface area contributed by atoms with E-state index in [1.54, 1.807) is 103 Å². The molecular formula is C61H88N10O15. The molecule has 10 N–H and O–H groups in total. The number of rotatable bonds is 33. The Bertz CT molecular complexity index is 2790. The maximum atomic E-state index is 14.9. The maximum Gasteiger partial charge on any atom is 0.410 e. The van der Waals surface area contributed by atoms with Gasteiger partial charge in [-0.1, -0.05) is 117 Å². The maximum absolute atomic E-state index is 14.9. The fourth-order valence-electron chi connectivity index (χ4n) is 9.59. The highest BCUT2D eigenvalue weighted by Gasteiger charge is 2.46. The van der Waals surface area contributed by atoms with E-state index in [9.17, 15) is 62.6 Å². The molecule has 0 bridgehead atoms. The van der Waals surface area contributed by atoms with Crippen molar-refractivity contribution in [3.8, 4) is 0 Å². The molecule has 2 unspecified atom stereocenters. The number of unbranched alkanes of at least 4 members (excludes halogenated alkanes) is 2. The van der Waals surface area contributed by atoms with E-state index in [2.05, 4.69) is 31.9 Å². The van der Waals surface area contributed by atoms with Gasteiger partial charge in [-0.25, -0.2) is 14.4 Å². The number of anilines is 1. The van der Waals surface area contributed by atoms with E-state index >= 15 is 0 Å². The summed E-state index contributed by atoms with van der Waals surface area (Å²) in [5.41, 5.74) is 4.75. The van der Waals surface area contributed by atoms with Gasteiger partial charge in [0, 0.05) is 68.9 Å². The van der Waals surface area contributed by atoms with Crippen molar-refractivity contribution in [2.75, 3.05) is 32.5 Å². The Morgan fingerprint density at radius 2 is 1.31 bits per heavy atom. The van der Waals surface area contributed by atoms with Gasteiger partial charge in [0.05, 0.1) is 6.04 Å². The fraction of sp³-hybridized carbons (Fsp3) is 0.541. The lowest BCUT2D eigenvalue weighted by molar-refractivity contribution is -0.142. The summed E-state index contributed by atoms with van der Waals surface area (Å²) in [4.78, 5) is 159. The topological polar surface area (TPSA) is 362 Å². The fourth-order valence-corrected chi connectivity index (χ4v) is 9.59. The Hall–Kier alpha value is -8.64. The van der Waals surface area contributed by atoms with E-state index in [0.29, 0.717) is 36.1 Å². The van der Waals surface area contributed by atoms with Crippen LogP contribution in [0.5, 0.6) is 0 Å². The molecule has 1 heterocycles. The number of hydrogen-bond acceptors (Lipinski definition) is 13. The van der Waals surface area contributed by atoms with E-state index in [0.717, 1.165) is 9.80 Å². The number of carboxylic acids is 2. The van der Waals surface area contributed by atoms with Gasteiger partial charge in [-0.2, -0.15) is 0 Å². The van der Waals surface area contributed by atoms with Gasteiger partial charge in [-0.15, -0.1) is 0 Å². The molecule has 2 aromatic carbocycles. The summed E-state index contributed by atoms with van der Waals surface area (Å²) in [6.07, 6.45) is 4.05. The Balaban J connectivity index is 1.79. The number of carboxylic acid groups (broad SMARTS) is 2. The highest BCUT2D eigenvalue weighted by molar-refractivity contribution is 6.12. The number of likely N-dealkylation sites (N-methyl/N-ethyl adjacent to an activating group) is 2. The number of nitrogens with zero attached hydrogens (tertiary/aromatic N) is 3. The minimum Gasteiger partial charge on any atom is -0.481 e. The largest absolute Gasteiger partial charge is 0.481 e. The van der Waals surface area contributed by atoms with Crippen LogP contribution in [0.15, 0.2) is 78.4 Å². The summed E-state index contributed by atoms with van der Waals surface area (Å²) in [6.45, 7) is 17.4. The smallest absolute Gasteiger partial charge is 0.410 e. The minimum atomic E-state index is -1.47. The van der Waals surface area contributed by atoms with Gasteiger partial charge in [-0.05, 0) is 79.5 Å². The molecule has 86 heavy (non-hydrogen) atoms. The first-order valence-corrected chi connectivity index (χ1v) is 28.7. The summed E-state index contributed by atoms with van der Waals surface area (Å²) in [5, 5.41) is 34.7. The lowest BCUT2D eigenvalue weighted by Gasteiger charge is -2.42. The number of carbonyl (C=O) groups excluding carboxylic acids is 10. The second-order valence-electron chi connectivity index (χ2n) is 23.7. The molecule has 0 aliphatic carbocycles. The van der Waals surface area contributed by atoms with Crippen LogP contribution < -0.4 is 37.6 Å². The van der Waals surface area contributed by atoms with Crippen LogP contribution in [0.2, 0.25) is 0 Å². The quantitative estimate of drug-likeness (QED) is 0.0270. The van der Waals surface area contributed by atoms with Gasteiger partial charge in [0.2, 0.25) is 35.4 Å². The van der Waals surface area contributed by atoms with Gasteiger partial charge >= 0.3 is 24.1 Å². The van der Waals surface area contributed by atoms with Crippen molar-refractivity contribution in [3.63, 3.8) is 0 Å². The van der Waals surface area contributed by atoms with Gasteiger partial charge in [0.15, 0.2) is 0 Å². The second kappa shape index (κ2) is 33.2. The zero-order valence-electron chi connectivity index (χ0n) is 51.4. The third-order valence-electron chi connectivity index (χ3n) is 14.7. The molecule has 2 aromatic rings. The monoisotopic (exact) mass is 1200 g/mol. The average molecular weight is 1200 g/mol. The molecule has 3 rings (SSSR count). The number of urea groups is 1. The predicted molar refractivity (Wildman–Crippen MR) is 319 cm³/mol. The number of benzene rings is 2. The van der Waals surface area contributed by atoms with Crippen molar-refractivity contribution in [2.24, 2.45) is 23.0 Å². The SMILES string of the molecule is C/C(=C\[C@H](C(C)C)N(C)C(=O)C(NC(=O)[C@@H](N(C)C(=O)OCc1ccc(NC(=O)[C@H](CCCNC(N)=O)NC(=O)C(NC(=O)CCCCCN2C(=O)C=CC2=O)C(C)C)cc1)C(C)(C)c1ccccc1)C(C)(C)C)C(=O)N[C@H](CCC(=O)O)C(=O)O. The molecule has 0 spiro atoms. The summed E-state index contributed by atoms with van der Waals surface area (Å²) in [6, 6.07) is 7.65. The molecule has 1 aliphatic rings. The van der Waals surface area contributed by atoms with E-state index < -0.39 is 113 Å². The standard InChI is InChI=1S/C61H88N10O15/c1-36(2)44(34-38(5)52(77)66-43(57(82)83)28-31-48(75)76)69(11)56(81)50(60(6,7)8)68-55(80)51(61(9,10)40-20-15-13-16-21-40)70(12)59(85)86-35-39-24-26-41(27-25-39)64-53(78)42(22-19-32-63-58(62)84)65-54(79)49(37(3)4)67-45(72)23-17-14-18-33-71-46(73)29-30-47(71)74/h13,15-16,20-21,24-27,29-30,34,36-37,42-44,49-51H,14,17-19,22-23,28,31-33,35H2,1-12H3,(H,64,78)(H,65,79)(H,66,77)(H,67,72)(H,68,80)(H,75,76)(H,82,83)(H3,62,63,84)/b38-34+/t42-,43+,44+,49?,50?,51+/m0/s1. The van der Waals surface area contributed by atoms with Gasteiger partial charge in [-0.3, -0.25) is 53.0 Å². The number of nitrogens with two attached hydrogens (primary N) is 1. The van der Waals surface area contributed by atoms with Crippen LogP contribution in [-0.2, 0) is 64.7 Å². The summed E-state index contributed by atoms with van der Waals surface area (Å²) in [5.74, 6) is -7.72. The molecule has 25 heteroatoms. The Labute approximate surface area is 503 Å².